The van der Waals surface area contributed by atoms with Gasteiger partial charge in [-0.2, -0.15) is 5.10 Å². The third-order valence-corrected chi connectivity index (χ3v) is 3.47. The van der Waals surface area contributed by atoms with Crippen molar-refractivity contribution in [1.82, 2.24) is 15.5 Å². The standard InChI is InChI=1S/C13H16N4/c1-17(11-6-7-14-9-11)13-12-5-3-2-4-10(12)8-15-16-13/h2-5,8,11,14H,6-7,9H2,1H3. The fourth-order valence-electron chi connectivity index (χ4n) is 2.42. The molecule has 2 heterocycles. The Balaban J connectivity index is 2.04. The predicted octanol–water partition coefficient (Wildman–Crippen LogP) is 1.43. The Bertz CT molecular complexity index is 514. The molecule has 4 heteroatoms. The average molecular weight is 228 g/mol. The highest BCUT2D eigenvalue weighted by Crippen LogP contribution is 2.24. The fourth-order valence-corrected chi connectivity index (χ4v) is 2.42. The molecule has 0 saturated carbocycles. The Kier molecular flexibility index (Phi) is 2.65. The maximum Gasteiger partial charge on any atom is 0.159 e. The number of hydrogen-bond donors (Lipinski definition) is 1. The molecule has 3 rings (SSSR count). The summed E-state index contributed by atoms with van der Waals surface area (Å²) in [4.78, 5) is 2.25. The third-order valence-electron chi connectivity index (χ3n) is 3.47. The minimum atomic E-state index is 0.523. The van der Waals surface area contributed by atoms with Gasteiger partial charge in [-0.15, -0.1) is 5.10 Å². The molecule has 0 radical (unpaired) electrons. The fraction of sp³-hybridized carbons (Fsp3) is 0.385. The molecule has 0 aliphatic carbocycles. The zero-order valence-electron chi connectivity index (χ0n) is 9.93. The molecule has 0 bridgehead atoms. The molecule has 88 valence electrons. The van der Waals surface area contributed by atoms with Gasteiger partial charge < -0.3 is 10.2 Å². The molecule has 1 aliphatic rings. The lowest BCUT2D eigenvalue weighted by Gasteiger charge is -2.25. The Morgan fingerprint density at radius 3 is 3.06 bits per heavy atom. The van der Waals surface area contributed by atoms with Crippen molar-refractivity contribution in [2.75, 3.05) is 25.0 Å². The van der Waals surface area contributed by atoms with Crippen molar-refractivity contribution in [3.05, 3.63) is 30.5 Å². The van der Waals surface area contributed by atoms with Crippen molar-refractivity contribution in [3.63, 3.8) is 0 Å². The van der Waals surface area contributed by atoms with E-state index < -0.39 is 0 Å². The second-order valence-corrected chi connectivity index (χ2v) is 4.51. The highest BCUT2D eigenvalue weighted by atomic mass is 15.3. The zero-order chi connectivity index (χ0) is 11.7. The third kappa shape index (κ3) is 1.85. The molecule has 1 saturated heterocycles. The first-order valence-electron chi connectivity index (χ1n) is 6.00. The number of aromatic nitrogens is 2. The van der Waals surface area contributed by atoms with Gasteiger partial charge in [0, 0.05) is 30.4 Å². The first-order chi connectivity index (χ1) is 8.36. The monoisotopic (exact) mass is 228 g/mol. The van der Waals surface area contributed by atoms with Crippen molar-refractivity contribution < 1.29 is 0 Å². The Labute approximate surface area is 101 Å². The SMILES string of the molecule is CN(c1nncc2ccccc12)C1CCNC1. The van der Waals surface area contributed by atoms with E-state index in [2.05, 4.69) is 39.6 Å². The zero-order valence-corrected chi connectivity index (χ0v) is 9.93. The molecule has 1 aromatic heterocycles. The van der Waals surface area contributed by atoms with Crippen molar-refractivity contribution in [2.45, 2.75) is 12.5 Å². The molecular formula is C13H16N4. The van der Waals surface area contributed by atoms with E-state index in [4.69, 9.17) is 0 Å². The Hall–Kier alpha value is -1.68. The maximum atomic E-state index is 4.30. The molecular weight excluding hydrogens is 212 g/mol. The highest BCUT2D eigenvalue weighted by molar-refractivity contribution is 5.91. The van der Waals surface area contributed by atoms with Crippen LogP contribution in [-0.4, -0.2) is 36.4 Å². The van der Waals surface area contributed by atoms with E-state index in [0.29, 0.717) is 6.04 Å². The summed E-state index contributed by atoms with van der Waals surface area (Å²) >= 11 is 0. The van der Waals surface area contributed by atoms with Crippen LogP contribution in [0.2, 0.25) is 0 Å². The van der Waals surface area contributed by atoms with Crippen LogP contribution in [0.1, 0.15) is 6.42 Å². The second kappa shape index (κ2) is 4.30. The quantitative estimate of drug-likeness (QED) is 0.844. The van der Waals surface area contributed by atoms with Crippen LogP contribution < -0.4 is 10.2 Å². The summed E-state index contributed by atoms with van der Waals surface area (Å²) in [6.07, 6.45) is 2.99. The Morgan fingerprint density at radius 2 is 2.24 bits per heavy atom. The van der Waals surface area contributed by atoms with Gasteiger partial charge in [0.15, 0.2) is 5.82 Å². The van der Waals surface area contributed by atoms with Crippen LogP contribution in [-0.2, 0) is 0 Å². The van der Waals surface area contributed by atoms with Crippen LogP contribution in [0.5, 0.6) is 0 Å². The number of benzene rings is 1. The topological polar surface area (TPSA) is 41.1 Å². The molecule has 1 N–H and O–H groups in total. The molecule has 17 heavy (non-hydrogen) atoms. The first kappa shape index (κ1) is 10.5. The number of fused-ring (bicyclic) bond motifs is 1. The molecule has 2 aromatic rings. The lowest BCUT2D eigenvalue weighted by atomic mass is 10.1. The first-order valence-corrected chi connectivity index (χ1v) is 6.00. The summed E-state index contributed by atoms with van der Waals surface area (Å²) in [5, 5.41) is 14.1. The number of nitrogens with one attached hydrogen (secondary N) is 1. The van der Waals surface area contributed by atoms with Gasteiger partial charge in [0.1, 0.15) is 0 Å². The van der Waals surface area contributed by atoms with Crippen molar-refractivity contribution in [3.8, 4) is 0 Å². The van der Waals surface area contributed by atoms with Gasteiger partial charge in [-0.05, 0) is 13.0 Å². The molecule has 1 unspecified atom stereocenters. The summed E-state index contributed by atoms with van der Waals surface area (Å²) in [5.41, 5.74) is 0. The smallest absolute Gasteiger partial charge is 0.159 e. The van der Waals surface area contributed by atoms with E-state index in [1.54, 1.807) is 0 Å². The van der Waals surface area contributed by atoms with Crippen molar-refractivity contribution >= 4 is 16.6 Å². The largest absolute Gasteiger partial charge is 0.353 e. The predicted molar refractivity (Wildman–Crippen MR) is 69.2 cm³/mol. The summed E-state index contributed by atoms with van der Waals surface area (Å²) < 4.78 is 0. The minimum Gasteiger partial charge on any atom is -0.353 e. The van der Waals surface area contributed by atoms with E-state index in [-0.39, 0.29) is 0 Å². The van der Waals surface area contributed by atoms with Crippen molar-refractivity contribution in [1.29, 1.82) is 0 Å². The normalized spacial score (nSPS) is 19.7. The number of rotatable bonds is 2. The summed E-state index contributed by atoms with van der Waals surface area (Å²) in [6, 6.07) is 8.79. The minimum absolute atomic E-state index is 0.523. The van der Waals surface area contributed by atoms with Gasteiger partial charge in [-0.1, -0.05) is 24.3 Å². The highest BCUT2D eigenvalue weighted by Gasteiger charge is 2.21. The molecule has 1 aromatic carbocycles. The van der Waals surface area contributed by atoms with Crippen molar-refractivity contribution in [2.24, 2.45) is 0 Å². The van der Waals surface area contributed by atoms with E-state index in [9.17, 15) is 0 Å². The molecule has 1 atom stereocenters. The summed E-state index contributed by atoms with van der Waals surface area (Å²) in [5.74, 6) is 0.983. The van der Waals surface area contributed by atoms with Gasteiger partial charge in [0.25, 0.3) is 0 Å². The van der Waals surface area contributed by atoms with Crippen LogP contribution in [0.4, 0.5) is 5.82 Å². The van der Waals surface area contributed by atoms with E-state index in [1.165, 1.54) is 11.8 Å². The van der Waals surface area contributed by atoms with Crippen LogP contribution >= 0.6 is 0 Å². The number of nitrogens with zero attached hydrogens (tertiary/aromatic N) is 3. The van der Waals surface area contributed by atoms with Gasteiger partial charge in [0.05, 0.1) is 6.20 Å². The van der Waals surface area contributed by atoms with Crippen LogP contribution in [0, 0.1) is 0 Å². The maximum absolute atomic E-state index is 4.30. The molecule has 0 amide bonds. The molecule has 4 nitrogen and oxygen atoms in total. The average Bonchev–Trinajstić information content (AvgIpc) is 2.91. The number of anilines is 1. The van der Waals surface area contributed by atoms with Gasteiger partial charge >= 0.3 is 0 Å². The van der Waals surface area contributed by atoms with Crippen LogP contribution in [0.15, 0.2) is 30.5 Å². The van der Waals surface area contributed by atoms with E-state index in [0.717, 1.165) is 24.3 Å². The van der Waals surface area contributed by atoms with Gasteiger partial charge in [-0.3, -0.25) is 0 Å². The van der Waals surface area contributed by atoms with Crippen LogP contribution in [0.25, 0.3) is 10.8 Å². The Morgan fingerprint density at radius 1 is 1.35 bits per heavy atom. The lowest BCUT2D eigenvalue weighted by molar-refractivity contribution is 0.675. The van der Waals surface area contributed by atoms with E-state index in [1.807, 2.05) is 18.3 Å². The van der Waals surface area contributed by atoms with E-state index >= 15 is 0 Å². The molecule has 1 aliphatic heterocycles. The lowest BCUT2D eigenvalue weighted by Crippen LogP contribution is -2.34. The van der Waals surface area contributed by atoms with Crippen LogP contribution in [0.3, 0.4) is 0 Å². The second-order valence-electron chi connectivity index (χ2n) is 4.51. The summed E-state index contributed by atoms with van der Waals surface area (Å²) in [6.45, 7) is 2.12. The molecule has 1 fully saturated rings. The van der Waals surface area contributed by atoms with Gasteiger partial charge in [0.2, 0.25) is 0 Å². The number of hydrogen-bond acceptors (Lipinski definition) is 4. The number of likely N-dealkylation sites (N-methyl/N-ethyl adjacent to an activating group) is 1. The van der Waals surface area contributed by atoms with Gasteiger partial charge in [-0.25, -0.2) is 0 Å². The summed E-state index contributed by atoms with van der Waals surface area (Å²) in [7, 11) is 2.11. The molecule has 0 spiro atoms.